The second-order valence-electron chi connectivity index (χ2n) is 8.06. The van der Waals surface area contributed by atoms with Gasteiger partial charge in [-0.2, -0.15) is 5.26 Å². The van der Waals surface area contributed by atoms with Crippen LogP contribution in [0, 0.1) is 11.3 Å². The molecule has 1 aromatic carbocycles. The van der Waals surface area contributed by atoms with Crippen molar-refractivity contribution in [1.82, 2.24) is 9.80 Å². The Morgan fingerprint density at radius 2 is 2.07 bits per heavy atom. The number of nitrogens with zero attached hydrogens (tertiary/aromatic N) is 4. The highest BCUT2D eigenvalue weighted by atomic mass is 16.2. The summed E-state index contributed by atoms with van der Waals surface area (Å²) in [6.07, 6.45) is 2.58. The number of fused-ring (bicyclic) bond motifs is 2. The Morgan fingerprint density at radius 3 is 2.69 bits per heavy atom. The normalized spacial score (nSPS) is 27.3. The van der Waals surface area contributed by atoms with Gasteiger partial charge in [0.25, 0.3) is 0 Å². The molecule has 2 amide bonds. The quantitative estimate of drug-likeness (QED) is 0.721. The molecule has 8 heteroatoms. The van der Waals surface area contributed by atoms with Crippen molar-refractivity contribution in [3.8, 4) is 6.07 Å². The Morgan fingerprint density at radius 1 is 1.34 bits per heavy atom. The predicted octanol–water partition coefficient (Wildman–Crippen LogP) is 0.404. The lowest BCUT2D eigenvalue weighted by Gasteiger charge is -2.36. The summed E-state index contributed by atoms with van der Waals surface area (Å²) in [4.78, 5) is 30.2. The second kappa shape index (κ2) is 7.50. The average Bonchev–Trinajstić information content (AvgIpc) is 3.41. The number of hydrogen-bond donors (Lipinski definition) is 2. The van der Waals surface area contributed by atoms with Gasteiger partial charge in [-0.15, -0.1) is 0 Å². The number of likely N-dealkylation sites (tertiary alicyclic amines) is 2. The molecule has 8 nitrogen and oxygen atoms in total. The smallest absolute Gasteiger partial charge is 0.248 e. The minimum absolute atomic E-state index is 0.0574. The number of rotatable bonds is 6. The Labute approximate surface area is 170 Å². The standard InChI is InChI=1S/C21H26N6O2/c1-13(26-8-2-3-16(26)10-22)18(23)12-25-11-17-9-19(25)21(29)27(17)15-6-4-14(5-7-15)20(24)28/h4-7,16-19H,1-3,8-9,11-12,23H2,(H2,24,28)/t16?,17-,18?,19?/m0/s1. The molecule has 4 atom stereocenters. The van der Waals surface area contributed by atoms with Crippen LogP contribution in [0.2, 0.25) is 0 Å². The summed E-state index contributed by atoms with van der Waals surface area (Å²) in [5.74, 6) is -0.426. The molecule has 3 aliphatic heterocycles. The van der Waals surface area contributed by atoms with Crippen molar-refractivity contribution in [3.63, 3.8) is 0 Å². The first-order valence-corrected chi connectivity index (χ1v) is 9.98. The molecule has 0 aromatic heterocycles. The summed E-state index contributed by atoms with van der Waals surface area (Å²) in [6.45, 7) is 6.24. The number of carbonyl (C=O) groups is 2. The van der Waals surface area contributed by atoms with Gasteiger partial charge in [0.1, 0.15) is 6.04 Å². The number of benzene rings is 1. The summed E-state index contributed by atoms with van der Waals surface area (Å²) < 4.78 is 0. The Balaban J connectivity index is 1.40. The third-order valence-corrected chi connectivity index (χ3v) is 6.33. The molecule has 0 spiro atoms. The summed E-state index contributed by atoms with van der Waals surface area (Å²) in [5, 5.41) is 9.30. The number of amides is 2. The summed E-state index contributed by atoms with van der Waals surface area (Å²) in [6, 6.07) is 8.60. The van der Waals surface area contributed by atoms with Crippen molar-refractivity contribution in [2.24, 2.45) is 11.5 Å². The number of nitriles is 1. The second-order valence-corrected chi connectivity index (χ2v) is 8.06. The topological polar surface area (TPSA) is 120 Å². The van der Waals surface area contributed by atoms with Gasteiger partial charge in [0.05, 0.1) is 24.2 Å². The zero-order valence-corrected chi connectivity index (χ0v) is 16.3. The molecular weight excluding hydrogens is 368 g/mol. The number of anilines is 1. The third-order valence-electron chi connectivity index (χ3n) is 6.33. The van der Waals surface area contributed by atoms with Crippen LogP contribution in [0.4, 0.5) is 5.69 Å². The van der Waals surface area contributed by atoms with Crippen LogP contribution < -0.4 is 16.4 Å². The van der Waals surface area contributed by atoms with Crippen LogP contribution in [0.5, 0.6) is 0 Å². The third kappa shape index (κ3) is 3.37. The Bertz CT molecular complexity index is 876. The van der Waals surface area contributed by atoms with Crippen LogP contribution in [-0.2, 0) is 4.79 Å². The molecule has 0 aliphatic carbocycles. The first-order valence-electron chi connectivity index (χ1n) is 9.98. The molecule has 152 valence electrons. The molecule has 0 radical (unpaired) electrons. The summed E-state index contributed by atoms with van der Waals surface area (Å²) >= 11 is 0. The zero-order valence-electron chi connectivity index (χ0n) is 16.3. The molecule has 3 saturated heterocycles. The monoisotopic (exact) mass is 394 g/mol. The number of nitrogens with two attached hydrogens (primary N) is 2. The van der Waals surface area contributed by atoms with Gasteiger partial charge in [-0.25, -0.2) is 0 Å². The number of hydrogen-bond acceptors (Lipinski definition) is 6. The summed E-state index contributed by atoms with van der Waals surface area (Å²) in [7, 11) is 0. The van der Waals surface area contributed by atoms with E-state index in [1.165, 1.54) is 0 Å². The van der Waals surface area contributed by atoms with E-state index in [2.05, 4.69) is 17.5 Å². The average molecular weight is 394 g/mol. The fourth-order valence-corrected chi connectivity index (χ4v) is 4.81. The molecule has 3 unspecified atom stereocenters. The predicted molar refractivity (Wildman–Crippen MR) is 109 cm³/mol. The van der Waals surface area contributed by atoms with Gasteiger partial charge in [-0.3, -0.25) is 14.5 Å². The maximum Gasteiger partial charge on any atom is 0.248 e. The van der Waals surface area contributed by atoms with Crippen molar-refractivity contribution in [2.75, 3.05) is 24.5 Å². The van der Waals surface area contributed by atoms with Gasteiger partial charge in [0.2, 0.25) is 11.8 Å². The maximum atomic E-state index is 13.0. The van der Waals surface area contributed by atoms with Crippen LogP contribution in [0.3, 0.4) is 0 Å². The SMILES string of the molecule is C=C(C(N)CN1C[C@@H]2CC1C(=O)N2c1ccc(C(N)=O)cc1)N1CCCC1C#N. The van der Waals surface area contributed by atoms with Crippen LogP contribution in [-0.4, -0.2) is 65.4 Å². The highest BCUT2D eigenvalue weighted by molar-refractivity contribution is 6.02. The van der Waals surface area contributed by atoms with Crippen LogP contribution >= 0.6 is 0 Å². The fraction of sp³-hybridized carbons (Fsp3) is 0.476. The largest absolute Gasteiger partial charge is 0.366 e. The molecule has 0 saturated carbocycles. The van der Waals surface area contributed by atoms with E-state index in [4.69, 9.17) is 11.5 Å². The van der Waals surface area contributed by atoms with E-state index in [0.29, 0.717) is 12.1 Å². The number of carbonyl (C=O) groups excluding carboxylic acids is 2. The lowest BCUT2D eigenvalue weighted by atomic mass is 10.1. The van der Waals surface area contributed by atoms with Crippen molar-refractivity contribution < 1.29 is 9.59 Å². The molecule has 29 heavy (non-hydrogen) atoms. The molecule has 3 fully saturated rings. The zero-order chi connectivity index (χ0) is 20.7. The first kappa shape index (κ1) is 19.4. The fourth-order valence-electron chi connectivity index (χ4n) is 4.81. The molecule has 2 bridgehead atoms. The molecule has 1 aromatic rings. The van der Waals surface area contributed by atoms with E-state index in [1.54, 1.807) is 24.3 Å². The molecular formula is C21H26N6O2. The van der Waals surface area contributed by atoms with Crippen molar-refractivity contribution in [3.05, 3.63) is 42.1 Å². The van der Waals surface area contributed by atoms with Gasteiger partial charge >= 0.3 is 0 Å². The maximum absolute atomic E-state index is 13.0. The van der Waals surface area contributed by atoms with Crippen molar-refractivity contribution >= 4 is 17.5 Å². The van der Waals surface area contributed by atoms with Gasteiger partial charge in [-0.05, 0) is 43.5 Å². The van der Waals surface area contributed by atoms with Crippen molar-refractivity contribution in [1.29, 1.82) is 5.26 Å². The van der Waals surface area contributed by atoms with E-state index in [1.807, 2.05) is 9.80 Å². The van der Waals surface area contributed by atoms with Crippen molar-refractivity contribution in [2.45, 2.75) is 43.4 Å². The minimum atomic E-state index is -0.483. The van der Waals surface area contributed by atoms with E-state index < -0.39 is 5.91 Å². The van der Waals surface area contributed by atoms with Gasteiger partial charge < -0.3 is 21.3 Å². The Hall–Kier alpha value is -2.89. The number of piperazine rings is 1. The minimum Gasteiger partial charge on any atom is -0.366 e. The van der Waals surface area contributed by atoms with Gasteiger partial charge in [0.15, 0.2) is 0 Å². The Kier molecular flexibility index (Phi) is 5.03. The van der Waals surface area contributed by atoms with Crippen LogP contribution in [0.15, 0.2) is 36.5 Å². The molecule has 4 N–H and O–H groups in total. The molecule has 3 aliphatic rings. The van der Waals surface area contributed by atoms with E-state index in [0.717, 1.165) is 43.7 Å². The lowest BCUT2D eigenvalue weighted by Crippen LogP contribution is -2.54. The molecule has 4 rings (SSSR count). The first-order chi connectivity index (χ1) is 13.9. The molecule has 3 heterocycles. The van der Waals surface area contributed by atoms with Gasteiger partial charge in [-0.1, -0.05) is 6.58 Å². The summed E-state index contributed by atoms with van der Waals surface area (Å²) in [5.41, 5.74) is 13.7. The highest BCUT2D eigenvalue weighted by Gasteiger charge is 2.50. The van der Waals surface area contributed by atoms with E-state index in [9.17, 15) is 14.9 Å². The van der Waals surface area contributed by atoms with E-state index in [-0.39, 0.29) is 30.1 Å². The van der Waals surface area contributed by atoms with Crippen LogP contribution in [0.25, 0.3) is 0 Å². The lowest BCUT2D eigenvalue weighted by molar-refractivity contribution is -0.122. The van der Waals surface area contributed by atoms with E-state index >= 15 is 0 Å². The highest BCUT2D eigenvalue weighted by Crippen LogP contribution is 2.36. The number of primary amides is 1. The van der Waals surface area contributed by atoms with Crippen LogP contribution in [0.1, 0.15) is 29.6 Å². The van der Waals surface area contributed by atoms with Gasteiger partial charge in [0, 0.05) is 36.6 Å².